The summed E-state index contributed by atoms with van der Waals surface area (Å²) >= 11 is 0. The topological polar surface area (TPSA) is 46.1 Å². The molecular weight excluding hydrogens is 226 g/mol. The quantitative estimate of drug-likeness (QED) is 0.770. The lowest BCUT2D eigenvalue weighted by Gasteiger charge is -2.15. The van der Waals surface area contributed by atoms with Gasteiger partial charge in [0.05, 0.1) is 6.04 Å². The van der Waals surface area contributed by atoms with Gasteiger partial charge in [-0.1, -0.05) is 24.6 Å². The van der Waals surface area contributed by atoms with Gasteiger partial charge in [0, 0.05) is 0 Å². The molecule has 3 heteroatoms. The molecule has 0 saturated heterocycles. The first-order valence-corrected chi connectivity index (χ1v) is 6.74. The molecule has 3 nitrogen and oxygen atoms in total. The Kier molecular flexibility index (Phi) is 6.16. The van der Waals surface area contributed by atoms with Crippen LogP contribution in [0.4, 0.5) is 0 Å². The number of hydrogen-bond donors (Lipinski definition) is 2. The van der Waals surface area contributed by atoms with Gasteiger partial charge in [0.2, 0.25) is 0 Å². The Labute approximate surface area is 110 Å². The average molecular weight is 252 g/mol. The number of aliphatic hydroxyl groups excluding tert-OH is 1. The minimum absolute atomic E-state index is 0.358. The summed E-state index contributed by atoms with van der Waals surface area (Å²) in [6, 6.07) is 6.64. The van der Waals surface area contributed by atoms with Crippen molar-refractivity contribution < 1.29 is 15.2 Å². The van der Waals surface area contributed by atoms with Gasteiger partial charge >= 0.3 is 0 Å². The molecule has 0 aromatic heterocycles. The summed E-state index contributed by atoms with van der Waals surface area (Å²) in [6.07, 6.45) is 0.699. The predicted molar refractivity (Wildman–Crippen MR) is 74.0 cm³/mol. The van der Waals surface area contributed by atoms with E-state index in [1.807, 2.05) is 19.1 Å². The number of quaternary nitrogens is 1. The summed E-state index contributed by atoms with van der Waals surface area (Å²) in [4.78, 5) is 0. The Morgan fingerprint density at radius 2 is 2.06 bits per heavy atom. The number of aryl methyl sites for hydroxylation is 2. The van der Waals surface area contributed by atoms with Crippen molar-refractivity contribution in [3.63, 3.8) is 0 Å². The summed E-state index contributed by atoms with van der Waals surface area (Å²) in [6.45, 7) is 9.46. The zero-order valence-corrected chi connectivity index (χ0v) is 11.9. The Hall–Kier alpha value is -1.06. The van der Waals surface area contributed by atoms with Crippen LogP contribution in [0.15, 0.2) is 18.2 Å². The molecule has 0 aliphatic heterocycles. The molecule has 1 rings (SSSR count). The molecular formula is C15H26NO2+. The van der Waals surface area contributed by atoms with Crippen LogP contribution in [0, 0.1) is 13.8 Å². The number of benzene rings is 1. The Balaban J connectivity index is 2.35. The molecule has 0 radical (unpaired) electrons. The van der Waals surface area contributed by atoms with Crippen molar-refractivity contribution in [2.75, 3.05) is 13.2 Å². The van der Waals surface area contributed by atoms with Crippen molar-refractivity contribution in [2.45, 2.75) is 46.3 Å². The number of ether oxygens (including phenoxy) is 1. The van der Waals surface area contributed by atoms with Gasteiger partial charge in [0.25, 0.3) is 0 Å². The van der Waals surface area contributed by atoms with Crippen molar-refractivity contribution >= 4 is 0 Å². The Morgan fingerprint density at radius 1 is 1.33 bits per heavy atom. The lowest BCUT2D eigenvalue weighted by Crippen LogP contribution is -2.91. The minimum Gasteiger partial charge on any atom is -0.490 e. The zero-order chi connectivity index (χ0) is 13.5. The van der Waals surface area contributed by atoms with E-state index in [-0.39, 0.29) is 0 Å². The molecule has 0 amide bonds. The second kappa shape index (κ2) is 7.39. The maximum atomic E-state index is 9.84. The van der Waals surface area contributed by atoms with Crippen molar-refractivity contribution in [3.8, 4) is 5.75 Å². The number of nitrogens with two attached hydrogens (primary N) is 1. The highest BCUT2D eigenvalue weighted by Crippen LogP contribution is 2.18. The smallest absolute Gasteiger partial charge is 0.137 e. The third-order valence-corrected chi connectivity index (χ3v) is 3.22. The summed E-state index contributed by atoms with van der Waals surface area (Å²) < 4.78 is 5.65. The molecule has 1 aromatic rings. The number of rotatable bonds is 7. The maximum absolute atomic E-state index is 9.84. The van der Waals surface area contributed by atoms with Crippen molar-refractivity contribution in [1.82, 2.24) is 0 Å². The Morgan fingerprint density at radius 3 is 2.67 bits per heavy atom. The van der Waals surface area contributed by atoms with Gasteiger partial charge in [-0.3, -0.25) is 0 Å². The molecule has 102 valence electrons. The van der Waals surface area contributed by atoms with Crippen LogP contribution in [0.1, 0.15) is 31.4 Å². The third kappa shape index (κ3) is 5.07. The first-order chi connectivity index (χ1) is 8.52. The van der Waals surface area contributed by atoms with E-state index in [9.17, 15) is 5.11 Å². The van der Waals surface area contributed by atoms with Crippen molar-refractivity contribution in [2.24, 2.45) is 0 Å². The van der Waals surface area contributed by atoms with Gasteiger partial charge in [-0.2, -0.15) is 0 Å². The number of aliphatic hydroxyl groups is 1. The highest BCUT2D eigenvalue weighted by atomic mass is 16.5. The van der Waals surface area contributed by atoms with E-state index in [1.54, 1.807) is 0 Å². The largest absolute Gasteiger partial charge is 0.490 e. The summed E-state index contributed by atoms with van der Waals surface area (Å²) in [5.41, 5.74) is 2.35. The molecule has 0 aliphatic rings. The monoisotopic (exact) mass is 252 g/mol. The third-order valence-electron chi connectivity index (χ3n) is 3.22. The van der Waals surface area contributed by atoms with Crippen LogP contribution in [0.25, 0.3) is 0 Å². The maximum Gasteiger partial charge on any atom is 0.137 e. The van der Waals surface area contributed by atoms with Crippen LogP contribution in [0.2, 0.25) is 0 Å². The zero-order valence-electron chi connectivity index (χ0n) is 11.9. The van der Waals surface area contributed by atoms with E-state index in [4.69, 9.17) is 4.74 Å². The lowest BCUT2D eigenvalue weighted by molar-refractivity contribution is -0.691. The number of hydrogen-bond acceptors (Lipinski definition) is 2. The molecule has 0 aliphatic carbocycles. The molecule has 0 fully saturated rings. The molecule has 0 bridgehead atoms. The van der Waals surface area contributed by atoms with E-state index < -0.39 is 6.10 Å². The minimum atomic E-state index is -0.417. The van der Waals surface area contributed by atoms with Crippen molar-refractivity contribution in [1.29, 1.82) is 0 Å². The molecule has 0 saturated carbocycles. The van der Waals surface area contributed by atoms with Gasteiger partial charge in [0.1, 0.15) is 25.0 Å². The molecule has 0 unspecified atom stereocenters. The highest BCUT2D eigenvalue weighted by molar-refractivity contribution is 5.35. The van der Waals surface area contributed by atoms with Gasteiger partial charge in [-0.05, 0) is 38.8 Å². The highest BCUT2D eigenvalue weighted by Gasteiger charge is 2.10. The van der Waals surface area contributed by atoms with E-state index in [2.05, 4.69) is 32.2 Å². The fourth-order valence-electron chi connectivity index (χ4n) is 1.77. The second-order valence-corrected chi connectivity index (χ2v) is 5.09. The van der Waals surface area contributed by atoms with Gasteiger partial charge in [-0.25, -0.2) is 0 Å². The summed E-state index contributed by atoms with van der Waals surface area (Å²) in [5.74, 6) is 0.864. The summed E-state index contributed by atoms with van der Waals surface area (Å²) in [5, 5.41) is 12.0. The van der Waals surface area contributed by atoms with Crippen LogP contribution in [-0.4, -0.2) is 30.4 Å². The molecule has 18 heavy (non-hydrogen) atoms. The molecule has 0 spiro atoms. The SMILES string of the molecule is CC[C@H](C)[NH2+]C[C@H](O)COc1ccc(C)cc1C. The normalized spacial score (nSPS) is 14.3. The van der Waals surface area contributed by atoms with Crippen molar-refractivity contribution in [3.05, 3.63) is 29.3 Å². The van der Waals surface area contributed by atoms with Crippen LogP contribution in [0.5, 0.6) is 5.75 Å². The summed E-state index contributed by atoms with van der Waals surface area (Å²) in [7, 11) is 0. The molecule has 1 aromatic carbocycles. The van der Waals surface area contributed by atoms with Crippen LogP contribution < -0.4 is 10.1 Å². The second-order valence-electron chi connectivity index (χ2n) is 5.09. The van der Waals surface area contributed by atoms with E-state index >= 15 is 0 Å². The van der Waals surface area contributed by atoms with Crippen LogP contribution >= 0.6 is 0 Å². The standard InChI is InChI=1S/C15H25NO2/c1-5-13(4)16-9-14(17)10-18-15-7-6-11(2)8-12(15)3/h6-8,13-14,16-17H,5,9-10H2,1-4H3/p+1/t13-,14-/m0/s1. The fraction of sp³-hybridized carbons (Fsp3) is 0.600. The first kappa shape index (κ1) is 15.0. The average Bonchev–Trinajstić information content (AvgIpc) is 2.34. The predicted octanol–water partition coefficient (Wildman–Crippen LogP) is 1.41. The van der Waals surface area contributed by atoms with Crippen LogP contribution in [0.3, 0.4) is 0 Å². The Bertz CT molecular complexity index is 366. The van der Waals surface area contributed by atoms with E-state index in [0.29, 0.717) is 19.2 Å². The van der Waals surface area contributed by atoms with E-state index in [1.165, 1.54) is 5.56 Å². The molecule has 3 N–H and O–H groups in total. The molecule has 0 heterocycles. The molecule has 2 atom stereocenters. The lowest BCUT2D eigenvalue weighted by atomic mass is 10.1. The van der Waals surface area contributed by atoms with Gasteiger partial charge in [-0.15, -0.1) is 0 Å². The van der Waals surface area contributed by atoms with Crippen LogP contribution in [-0.2, 0) is 0 Å². The van der Waals surface area contributed by atoms with Gasteiger partial charge in [0.15, 0.2) is 0 Å². The fourth-order valence-corrected chi connectivity index (χ4v) is 1.77. The van der Waals surface area contributed by atoms with Gasteiger partial charge < -0.3 is 15.2 Å². The first-order valence-electron chi connectivity index (χ1n) is 6.74. The van der Waals surface area contributed by atoms with E-state index in [0.717, 1.165) is 17.7 Å².